The van der Waals surface area contributed by atoms with Crippen molar-refractivity contribution in [1.29, 1.82) is 0 Å². The fourth-order valence-electron chi connectivity index (χ4n) is 1.79. The number of aromatic nitrogens is 2. The molecular formula is C13H9N2O2S. The molecule has 2 aromatic carbocycles. The van der Waals surface area contributed by atoms with Crippen molar-refractivity contribution < 1.29 is 8.42 Å². The van der Waals surface area contributed by atoms with E-state index in [9.17, 15) is 8.42 Å². The van der Waals surface area contributed by atoms with Crippen LogP contribution in [0.25, 0.3) is 10.9 Å². The van der Waals surface area contributed by atoms with Crippen LogP contribution in [0.2, 0.25) is 0 Å². The van der Waals surface area contributed by atoms with Crippen molar-refractivity contribution in [2.75, 3.05) is 0 Å². The quantitative estimate of drug-likeness (QED) is 0.765. The van der Waals surface area contributed by atoms with Gasteiger partial charge in [-0.2, -0.15) is 5.10 Å². The highest BCUT2D eigenvalue weighted by molar-refractivity contribution is 7.91. The zero-order valence-electron chi connectivity index (χ0n) is 9.29. The third kappa shape index (κ3) is 1.60. The molecule has 0 bridgehead atoms. The summed E-state index contributed by atoms with van der Waals surface area (Å²) >= 11 is 0. The third-order valence-corrected chi connectivity index (χ3v) is 4.39. The second-order valence-electron chi connectivity index (χ2n) is 3.82. The summed E-state index contributed by atoms with van der Waals surface area (Å²) in [4.78, 5) is 0.238. The number of fused-ring (bicyclic) bond motifs is 1. The van der Waals surface area contributed by atoms with Crippen LogP contribution in [0.1, 0.15) is 0 Å². The zero-order valence-corrected chi connectivity index (χ0v) is 10.1. The van der Waals surface area contributed by atoms with E-state index in [1.165, 1.54) is 0 Å². The van der Waals surface area contributed by atoms with E-state index in [4.69, 9.17) is 0 Å². The van der Waals surface area contributed by atoms with Crippen LogP contribution in [0.4, 0.5) is 0 Å². The molecule has 89 valence electrons. The lowest BCUT2D eigenvalue weighted by molar-refractivity contribution is 0.593. The molecule has 4 nitrogen and oxygen atoms in total. The van der Waals surface area contributed by atoms with E-state index >= 15 is 0 Å². The minimum atomic E-state index is -3.58. The standard InChI is InChI=1S/C13H9N2O2S/c16-18(17,10-6-2-1-3-7-10)13-11-8-4-5-9-12(11)14-15-13/h1-3,5-9H,(H,14,15). The van der Waals surface area contributed by atoms with Crippen molar-refractivity contribution in [3.63, 3.8) is 0 Å². The van der Waals surface area contributed by atoms with E-state index in [0.717, 1.165) is 0 Å². The Morgan fingerprint density at radius 1 is 1.11 bits per heavy atom. The Bertz CT molecular complexity index is 792. The number of sulfone groups is 1. The highest BCUT2D eigenvalue weighted by atomic mass is 32.2. The van der Waals surface area contributed by atoms with Gasteiger partial charge in [-0.15, -0.1) is 0 Å². The predicted molar refractivity (Wildman–Crippen MR) is 66.8 cm³/mol. The molecule has 3 rings (SSSR count). The van der Waals surface area contributed by atoms with Crippen LogP contribution in [-0.2, 0) is 9.84 Å². The van der Waals surface area contributed by atoms with Gasteiger partial charge in [0.25, 0.3) is 0 Å². The first-order chi connectivity index (χ1) is 8.69. The number of H-pyrrole nitrogens is 1. The molecule has 0 aliphatic rings. The molecule has 1 radical (unpaired) electrons. The lowest BCUT2D eigenvalue weighted by atomic mass is 10.3. The van der Waals surface area contributed by atoms with E-state index in [2.05, 4.69) is 16.3 Å². The molecule has 0 atom stereocenters. The fraction of sp³-hybridized carbons (Fsp3) is 0. The predicted octanol–water partition coefficient (Wildman–Crippen LogP) is 2.20. The molecule has 0 unspecified atom stereocenters. The van der Waals surface area contributed by atoms with Gasteiger partial charge in [0.15, 0.2) is 5.03 Å². The van der Waals surface area contributed by atoms with Gasteiger partial charge >= 0.3 is 0 Å². The maximum atomic E-state index is 12.4. The van der Waals surface area contributed by atoms with Crippen molar-refractivity contribution in [3.8, 4) is 0 Å². The number of benzene rings is 2. The molecule has 1 heterocycles. The van der Waals surface area contributed by atoms with Crippen molar-refractivity contribution in [2.24, 2.45) is 0 Å². The van der Waals surface area contributed by atoms with Crippen LogP contribution >= 0.6 is 0 Å². The van der Waals surface area contributed by atoms with Gasteiger partial charge in [0.2, 0.25) is 9.84 Å². The third-order valence-electron chi connectivity index (χ3n) is 2.68. The van der Waals surface area contributed by atoms with Gasteiger partial charge in [0, 0.05) is 5.39 Å². The maximum Gasteiger partial charge on any atom is 0.226 e. The molecule has 18 heavy (non-hydrogen) atoms. The van der Waals surface area contributed by atoms with Crippen molar-refractivity contribution >= 4 is 20.7 Å². The van der Waals surface area contributed by atoms with Gasteiger partial charge < -0.3 is 0 Å². The summed E-state index contributed by atoms with van der Waals surface area (Å²) in [6.45, 7) is 0. The maximum absolute atomic E-state index is 12.4. The molecule has 0 fully saturated rings. The summed E-state index contributed by atoms with van der Waals surface area (Å²) in [5.41, 5.74) is 0.684. The van der Waals surface area contributed by atoms with Crippen LogP contribution in [0, 0.1) is 6.07 Å². The second-order valence-corrected chi connectivity index (χ2v) is 5.68. The van der Waals surface area contributed by atoms with E-state index in [1.807, 2.05) is 0 Å². The molecule has 0 saturated carbocycles. The lowest BCUT2D eigenvalue weighted by Crippen LogP contribution is -2.02. The van der Waals surface area contributed by atoms with Gasteiger partial charge in [0.1, 0.15) is 0 Å². The van der Waals surface area contributed by atoms with Crippen LogP contribution in [0.3, 0.4) is 0 Å². The van der Waals surface area contributed by atoms with E-state index in [1.54, 1.807) is 48.5 Å². The molecule has 1 aromatic heterocycles. The minimum absolute atomic E-state index is 0.0422. The van der Waals surface area contributed by atoms with Gasteiger partial charge in [0.05, 0.1) is 10.4 Å². The summed E-state index contributed by atoms with van der Waals surface area (Å²) in [7, 11) is -3.58. The number of hydrogen-bond acceptors (Lipinski definition) is 3. The van der Waals surface area contributed by atoms with E-state index < -0.39 is 9.84 Å². The topological polar surface area (TPSA) is 62.8 Å². The summed E-state index contributed by atoms with van der Waals surface area (Å²) < 4.78 is 24.8. The Hall–Kier alpha value is -2.14. The smallest absolute Gasteiger partial charge is 0.226 e. The van der Waals surface area contributed by atoms with E-state index in [0.29, 0.717) is 10.9 Å². The van der Waals surface area contributed by atoms with Crippen LogP contribution in [-0.4, -0.2) is 18.6 Å². The Morgan fingerprint density at radius 3 is 2.67 bits per heavy atom. The fourth-order valence-corrected chi connectivity index (χ4v) is 3.16. The van der Waals surface area contributed by atoms with Gasteiger partial charge in [-0.3, -0.25) is 5.10 Å². The van der Waals surface area contributed by atoms with Crippen molar-refractivity contribution in [3.05, 3.63) is 54.6 Å². The average Bonchev–Trinajstić information content (AvgIpc) is 2.84. The largest absolute Gasteiger partial charge is 0.276 e. The molecular weight excluding hydrogens is 248 g/mol. The Morgan fingerprint density at radius 2 is 1.89 bits per heavy atom. The van der Waals surface area contributed by atoms with E-state index in [-0.39, 0.29) is 9.92 Å². The summed E-state index contributed by atoms with van der Waals surface area (Å²) in [5, 5.41) is 7.22. The molecule has 1 N–H and O–H groups in total. The monoisotopic (exact) mass is 257 g/mol. The number of rotatable bonds is 2. The van der Waals surface area contributed by atoms with Crippen LogP contribution in [0.15, 0.2) is 58.5 Å². The first-order valence-corrected chi connectivity index (χ1v) is 6.82. The number of nitrogens with one attached hydrogen (secondary N) is 1. The Labute approximate surface area is 104 Å². The van der Waals surface area contributed by atoms with Crippen LogP contribution < -0.4 is 0 Å². The number of nitrogens with zero attached hydrogens (tertiary/aromatic N) is 1. The summed E-state index contributed by atoms with van der Waals surface area (Å²) in [6, 6.07) is 16.2. The van der Waals surface area contributed by atoms with Gasteiger partial charge in [-0.05, 0) is 30.3 Å². The van der Waals surface area contributed by atoms with Crippen molar-refractivity contribution in [1.82, 2.24) is 10.2 Å². The molecule has 0 saturated heterocycles. The minimum Gasteiger partial charge on any atom is -0.276 e. The Balaban J connectivity index is 2.27. The number of hydrogen-bond donors (Lipinski definition) is 1. The molecule has 0 aliphatic heterocycles. The van der Waals surface area contributed by atoms with Gasteiger partial charge in [-0.25, -0.2) is 8.42 Å². The van der Waals surface area contributed by atoms with Crippen molar-refractivity contribution in [2.45, 2.75) is 9.92 Å². The molecule has 5 heteroatoms. The molecule has 3 aromatic rings. The second kappa shape index (κ2) is 3.96. The van der Waals surface area contributed by atoms with Gasteiger partial charge in [-0.1, -0.05) is 24.3 Å². The molecule has 0 aliphatic carbocycles. The average molecular weight is 257 g/mol. The number of aromatic amines is 1. The molecule has 0 spiro atoms. The Kier molecular flexibility index (Phi) is 2.41. The normalized spacial score (nSPS) is 11.8. The first kappa shape index (κ1) is 11.0. The summed E-state index contributed by atoms with van der Waals surface area (Å²) in [6.07, 6.45) is 0. The highest BCUT2D eigenvalue weighted by Gasteiger charge is 2.22. The lowest BCUT2D eigenvalue weighted by Gasteiger charge is -2.00. The molecule has 0 amide bonds. The zero-order chi connectivity index (χ0) is 12.6. The van der Waals surface area contributed by atoms with Crippen LogP contribution in [0.5, 0.6) is 0 Å². The highest BCUT2D eigenvalue weighted by Crippen LogP contribution is 2.25. The first-order valence-electron chi connectivity index (χ1n) is 5.34. The SMILES string of the molecule is O=S(=O)(c1ccccc1)c1n[nH]c2cc[c]cc12. The summed E-state index contributed by atoms with van der Waals surface area (Å²) in [5.74, 6) is 0.